The minimum Gasteiger partial charge on any atom is -0.0849 e. The van der Waals surface area contributed by atoms with Crippen molar-refractivity contribution in [2.75, 3.05) is 0 Å². The Kier molecular flexibility index (Phi) is 2.71. The first-order chi connectivity index (χ1) is 6.76. The van der Waals surface area contributed by atoms with Crippen LogP contribution in [0.4, 0.5) is 0 Å². The molecule has 2 rings (SSSR count). The van der Waals surface area contributed by atoms with Crippen molar-refractivity contribution in [3.05, 3.63) is 29.3 Å². The summed E-state index contributed by atoms with van der Waals surface area (Å²) in [5.74, 6) is 1.80. The molecule has 72 valence electrons. The van der Waals surface area contributed by atoms with Crippen LogP contribution in [-0.4, -0.2) is 15.1 Å². The van der Waals surface area contributed by atoms with E-state index in [1.54, 1.807) is 11.1 Å². The van der Waals surface area contributed by atoms with E-state index in [0.717, 1.165) is 19.1 Å². The molecule has 0 aliphatic heterocycles. The minimum atomic E-state index is 0.871. The first-order valence-electron chi connectivity index (χ1n) is 5.88. The Balaban J connectivity index is 2.30. The predicted octanol–water partition coefficient (Wildman–Crippen LogP) is 1.05. The van der Waals surface area contributed by atoms with Crippen LogP contribution >= 0.6 is 0 Å². The second-order valence-electron chi connectivity index (χ2n) is 4.56. The largest absolute Gasteiger partial charge is 0.154 e. The van der Waals surface area contributed by atoms with Gasteiger partial charge in [0.25, 0.3) is 0 Å². The van der Waals surface area contributed by atoms with Crippen molar-refractivity contribution in [3.63, 3.8) is 0 Å². The topological polar surface area (TPSA) is 0 Å². The Bertz CT molecular complexity index is 333. The summed E-state index contributed by atoms with van der Waals surface area (Å²) in [5.41, 5.74) is 4.69. The van der Waals surface area contributed by atoms with Crippen molar-refractivity contribution in [2.24, 2.45) is 5.92 Å². The molecular weight excluding hydrogens is 166 g/mol. The van der Waals surface area contributed by atoms with Crippen LogP contribution in [0.3, 0.4) is 0 Å². The maximum atomic E-state index is 2.40. The Morgan fingerprint density at radius 3 is 2.71 bits per heavy atom. The SMILES string of the molecule is BCc1cc(BC)ccc1[C@H]1C[C@H]1C. The van der Waals surface area contributed by atoms with E-state index in [2.05, 4.69) is 39.8 Å². The average Bonchev–Trinajstić information content (AvgIpc) is 2.94. The first kappa shape index (κ1) is 9.89. The van der Waals surface area contributed by atoms with Crippen LogP contribution in [0, 0.1) is 5.92 Å². The van der Waals surface area contributed by atoms with E-state index in [4.69, 9.17) is 0 Å². The fraction of sp³-hybridized carbons (Fsp3) is 0.500. The Morgan fingerprint density at radius 2 is 2.21 bits per heavy atom. The molecule has 0 N–H and O–H groups in total. The van der Waals surface area contributed by atoms with Crippen molar-refractivity contribution in [3.8, 4) is 0 Å². The third kappa shape index (κ3) is 1.75. The lowest BCUT2D eigenvalue weighted by Crippen LogP contribution is -2.12. The molecule has 1 aromatic carbocycles. The molecule has 0 bridgehead atoms. The summed E-state index contributed by atoms with van der Waals surface area (Å²) in [6.45, 7) is 4.59. The van der Waals surface area contributed by atoms with Crippen LogP contribution < -0.4 is 5.46 Å². The van der Waals surface area contributed by atoms with Crippen molar-refractivity contribution in [1.82, 2.24) is 0 Å². The van der Waals surface area contributed by atoms with E-state index >= 15 is 0 Å². The summed E-state index contributed by atoms with van der Waals surface area (Å²) in [4.78, 5) is 0. The maximum Gasteiger partial charge on any atom is 0.154 e. The predicted molar refractivity (Wildman–Crippen MR) is 67.9 cm³/mol. The normalized spacial score (nSPS) is 24.7. The molecule has 0 unspecified atom stereocenters. The monoisotopic (exact) mass is 184 g/mol. The van der Waals surface area contributed by atoms with Gasteiger partial charge in [-0.3, -0.25) is 0 Å². The molecule has 2 atom stereocenters. The van der Waals surface area contributed by atoms with Gasteiger partial charge >= 0.3 is 0 Å². The van der Waals surface area contributed by atoms with Gasteiger partial charge in [-0.1, -0.05) is 49.3 Å². The molecule has 1 aliphatic rings. The molecule has 0 aromatic heterocycles. The zero-order valence-electron chi connectivity index (χ0n) is 9.51. The van der Waals surface area contributed by atoms with E-state index in [9.17, 15) is 0 Å². The molecule has 0 nitrogen and oxygen atoms in total. The molecule has 0 spiro atoms. The van der Waals surface area contributed by atoms with Crippen molar-refractivity contribution in [1.29, 1.82) is 0 Å². The van der Waals surface area contributed by atoms with Gasteiger partial charge in [0, 0.05) is 0 Å². The number of rotatable bonds is 3. The standard InChI is InChI=1S/C12H18B2/c1-8-5-12(8)11-4-3-10(14-2)6-9(11)7-13/h3-4,6,8,12,14H,5,7,13H2,1-2H3/t8-,12+/m1/s1. The maximum absolute atomic E-state index is 2.40. The van der Waals surface area contributed by atoms with Crippen LogP contribution in [0.2, 0.25) is 6.82 Å². The first-order valence-corrected chi connectivity index (χ1v) is 5.88. The molecule has 1 aliphatic carbocycles. The molecule has 1 fully saturated rings. The van der Waals surface area contributed by atoms with E-state index in [1.807, 2.05) is 0 Å². The lowest BCUT2D eigenvalue weighted by molar-refractivity contribution is 0.907. The van der Waals surface area contributed by atoms with E-state index < -0.39 is 0 Å². The van der Waals surface area contributed by atoms with Gasteiger partial charge in [-0.25, -0.2) is 0 Å². The lowest BCUT2D eigenvalue weighted by Gasteiger charge is -2.09. The number of benzene rings is 1. The molecule has 2 heteroatoms. The summed E-state index contributed by atoms with van der Waals surface area (Å²) in [6.07, 6.45) is 2.59. The van der Waals surface area contributed by atoms with Crippen LogP contribution in [-0.2, 0) is 6.32 Å². The Morgan fingerprint density at radius 1 is 1.50 bits per heavy atom. The van der Waals surface area contributed by atoms with Crippen LogP contribution in [0.1, 0.15) is 30.4 Å². The zero-order chi connectivity index (χ0) is 10.1. The molecule has 14 heavy (non-hydrogen) atoms. The number of hydrogen-bond donors (Lipinski definition) is 0. The summed E-state index contributed by atoms with van der Waals surface area (Å²) in [5, 5.41) is 0. The van der Waals surface area contributed by atoms with Crippen LogP contribution in [0.15, 0.2) is 18.2 Å². The van der Waals surface area contributed by atoms with Gasteiger partial charge in [0.2, 0.25) is 0 Å². The van der Waals surface area contributed by atoms with Crippen LogP contribution in [0.25, 0.3) is 0 Å². The summed E-state index contributed by atoms with van der Waals surface area (Å²) in [7, 11) is 3.43. The molecule has 1 aromatic rings. The average molecular weight is 184 g/mol. The third-order valence-corrected chi connectivity index (χ3v) is 3.51. The molecular formula is C12H18B2. The van der Waals surface area contributed by atoms with Gasteiger partial charge in [0.1, 0.15) is 7.85 Å². The van der Waals surface area contributed by atoms with E-state index in [0.29, 0.717) is 0 Å². The lowest BCUT2D eigenvalue weighted by atomic mass is 9.71. The van der Waals surface area contributed by atoms with Gasteiger partial charge < -0.3 is 0 Å². The number of hydrogen-bond acceptors (Lipinski definition) is 0. The minimum absolute atomic E-state index is 0.871. The van der Waals surface area contributed by atoms with E-state index in [-0.39, 0.29) is 0 Å². The second-order valence-corrected chi connectivity index (χ2v) is 4.56. The van der Waals surface area contributed by atoms with Gasteiger partial charge in [-0.15, -0.1) is 0 Å². The highest BCUT2D eigenvalue weighted by molar-refractivity contribution is 6.51. The van der Waals surface area contributed by atoms with Gasteiger partial charge in [0.15, 0.2) is 7.28 Å². The molecule has 0 radical (unpaired) electrons. The second kappa shape index (κ2) is 3.84. The highest BCUT2D eigenvalue weighted by atomic mass is 14.4. The van der Waals surface area contributed by atoms with Gasteiger partial charge in [-0.05, 0) is 23.8 Å². The van der Waals surface area contributed by atoms with Crippen LogP contribution in [0.5, 0.6) is 0 Å². The quantitative estimate of drug-likeness (QED) is 0.615. The molecule has 0 amide bonds. The smallest absolute Gasteiger partial charge is 0.0849 e. The Hall–Kier alpha value is -0.650. The van der Waals surface area contributed by atoms with Gasteiger partial charge in [0.05, 0.1) is 0 Å². The Labute approximate surface area is 88.8 Å². The fourth-order valence-corrected chi connectivity index (χ4v) is 2.30. The summed E-state index contributed by atoms with van der Waals surface area (Å²) in [6, 6.07) is 7.08. The summed E-state index contributed by atoms with van der Waals surface area (Å²) >= 11 is 0. The third-order valence-electron chi connectivity index (χ3n) is 3.51. The zero-order valence-corrected chi connectivity index (χ0v) is 9.51. The molecule has 0 saturated heterocycles. The van der Waals surface area contributed by atoms with Crippen molar-refractivity contribution >= 4 is 20.6 Å². The molecule has 0 heterocycles. The van der Waals surface area contributed by atoms with Crippen molar-refractivity contribution in [2.45, 2.75) is 32.4 Å². The van der Waals surface area contributed by atoms with E-state index in [1.165, 1.54) is 18.2 Å². The van der Waals surface area contributed by atoms with Crippen molar-refractivity contribution < 1.29 is 0 Å². The fourth-order valence-electron chi connectivity index (χ4n) is 2.30. The highest BCUT2D eigenvalue weighted by Gasteiger charge is 2.34. The van der Waals surface area contributed by atoms with Gasteiger partial charge in [-0.2, -0.15) is 0 Å². The molecule has 1 saturated carbocycles. The highest BCUT2D eigenvalue weighted by Crippen LogP contribution is 2.47. The summed E-state index contributed by atoms with van der Waals surface area (Å²) < 4.78 is 0.